The van der Waals surface area contributed by atoms with Crippen LogP contribution in [0.2, 0.25) is 0 Å². The zero-order chi connectivity index (χ0) is 17.9. The molecule has 1 aliphatic heterocycles. The summed E-state index contributed by atoms with van der Waals surface area (Å²) < 4.78 is 5.84. The van der Waals surface area contributed by atoms with Gasteiger partial charge in [-0.25, -0.2) is 0 Å². The van der Waals surface area contributed by atoms with Gasteiger partial charge in [-0.1, -0.05) is 22.0 Å². The number of benzene rings is 1. The van der Waals surface area contributed by atoms with Gasteiger partial charge in [-0.3, -0.25) is 19.8 Å². The lowest BCUT2D eigenvalue weighted by molar-refractivity contribution is -0.128. The third-order valence-corrected chi connectivity index (χ3v) is 4.18. The van der Waals surface area contributed by atoms with Gasteiger partial charge >= 0.3 is 0 Å². The fourth-order valence-corrected chi connectivity index (χ4v) is 2.78. The Bertz CT molecular complexity index is 761. The van der Waals surface area contributed by atoms with E-state index in [1.165, 1.54) is 23.1 Å². The number of thiocarbonyl (C=S) groups is 1. The first kappa shape index (κ1) is 18.2. The Kier molecular flexibility index (Phi) is 5.74. The molecule has 0 saturated carbocycles. The zero-order valence-electron chi connectivity index (χ0n) is 12.8. The minimum absolute atomic E-state index is 0.0419. The van der Waals surface area contributed by atoms with Crippen LogP contribution >= 0.6 is 28.1 Å². The van der Waals surface area contributed by atoms with E-state index in [1.807, 2.05) is 0 Å². The van der Waals surface area contributed by atoms with Crippen LogP contribution in [0.15, 0.2) is 34.8 Å². The van der Waals surface area contributed by atoms with E-state index in [0.29, 0.717) is 16.6 Å². The number of phenolic OH excluding ortho intramolecular Hbond substituents is 1. The minimum Gasteiger partial charge on any atom is -0.504 e. The predicted molar refractivity (Wildman–Crippen MR) is 97.6 cm³/mol. The molecule has 126 valence electrons. The molecule has 0 aromatic heterocycles. The van der Waals surface area contributed by atoms with Crippen molar-refractivity contribution in [1.82, 2.24) is 10.2 Å². The number of aromatic hydroxyl groups is 1. The number of halogens is 1. The Hall–Kier alpha value is -2.19. The Morgan fingerprint density at radius 1 is 1.46 bits per heavy atom. The number of ether oxygens (including phenoxy) is 1. The molecule has 6 nitrogen and oxygen atoms in total. The van der Waals surface area contributed by atoms with Crippen molar-refractivity contribution in [2.45, 2.75) is 6.92 Å². The van der Waals surface area contributed by atoms with Gasteiger partial charge in [0.2, 0.25) is 0 Å². The standard InChI is InChI=1S/C16H15BrN2O4S/c1-3-5-19-15(22)10(14(21)18-16(19)24)6-9-7-13(23-4-2)12(20)8-11(9)17/h3,6-8,20H,1,4-5H2,2H3,(H,18,21,24)/b10-6+. The highest BCUT2D eigenvalue weighted by molar-refractivity contribution is 9.10. The number of nitrogens with zero attached hydrogens (tertiary/aromatic N) is 1. The largest absolute Gasteiger partial charge is 0.504 e. The van der Waals surface area contributed by atoms with Gasteiger partial charge in [0.1, 0.15) is 5.57 Å². The quantitative estimate of drug-likeness (QED) is 0.337. The number of rotatable bonds is 5. The number of carbonyl (C=O) groups excluding carboxylic acids is 2. The second kappa shape index (κ2) is 7.59. The van der Waals surface area contributed by atoms with Crippen LogP contribution in [0, 0.1) is 0 Å². The molecule has 24 heavy (non-hydrogen) atoms. The van der Waals surface area contributed by atoms with Crippen LogP contribution in [0.3, 0.4) is 0 Å². The van der Waals surface area contributed by atoms with Crippen LogP contribution in [-0.2, 0) is 9.59 Å². The number of carbonyl (C=O) groups is 2. The molecule has 0 bridgehead atoms. The van der Waals surface area contributed by atoms with Crippen molar-refractivity contribution < 1.29 is 19.4 Å². The number of amides is 2. The van der Waals surface area contributed by atoms with Crippen molar-refractivity contribution in [3.63, 3.8) is 0 Å². The molecule has 0 radical (unpaired) electrons. The number of hydrogen-bond donors (Lipinski definition) is 2. The van der Waals surface area contributed by atoms with E-state index >= 15 is 0 Å². The normalized spacial score (nSPS) is 16.3. The molecule has 0 spiro atoms. The summed E-state index contributed by atoms with van der Waals surface area (Å²) in [4.78, 5) is 25.9. The fraction of sp³-hybridized carbons (Fsp3) is 0.188. The molecule has 2 amide bonds. The topological polar surface area (TPSA) is 78.9 Å². The lowest BCUT2D eigenvalue weighted by Gasteiger charge is -2.27. The summed E-state index contributed by atoms with van der Waals surface area (Å²) in [6.07, 6.45) is 2.94. The van der Waals surface area contributed by atoms with Crippen LogP contribution < -0.4 is 10.1 Å². The highest BCUT2D eigenvalue weighted by Crippen LogP contribution is 2.34. The van der Waals surface area contributed by atoms with Crippen molar-refractivity contribution >= 4 is 51.2 Å². The minimum atomic E-state index is -0.580. The van der Waals surface area contributed by atoms with Gasteiger partial charge in [0, 0.05) is 11.0 Å². The first-order valence-electron chi connectivity index (χ1n) is 7.04. The van der Waals surface area contributed by atoms with Crippen LogP contribution in [0.25, 0.3) is 6.08 Å². The highest BCUT2D eigenvalue weighted by Gasteiger charge is 2.32. The number of hydrogen-bond acceptors (Lipinski definition) is 5. The second-order valence-corrected chi connectivity index (χ2v) is 6.04. The Morgan fingerprint density at radius 2 is 2.17 bits per heavy atom. The molecule has 1 aromatic carbocycles. The van der Waals surface area contributed by atoms with Gasteiger partial charge in [-0.15, -0.1) is 6.58 Å². The van der Waals surface area contributed by atoms with Crippen LogP contribution in [-0.4, -0.2) is 40.1 Å². The molecule has 2 rings (SSSR count). The molecule has 0 unspecified atom stereocenters. The van der Waals surface area contributed by atoms with Crippen LogP contribution in [0.1, 0.15) is 12.5 Å². The fourth-order valence-electron chi connectivity index (χ4n) is 2.08. The maximum Gasteiger partial charge on any atom is 0.265 e. The van der Waals surface area contributed by atoms with Crippen molar-refractivity contribution in [2.24, 2.45) is 0 Å². The van der Waals surface area contributed by atoms with E-state index in [2.05, 4.69) is 27.8 Å². The average molecular weight is 411 g/mol. The lowest BCUT2D eigenvalue weighted by atomic mass is 10.1. The Labute approximate surface area is 152 Å². The third kappa shape index (κ3) is 3.65. The maximum absolute atomic E-state index is 12.5. The molecular formula is C16H15BrN2O4S. The summed E-state index contributed by atoms with van der Waals surface area (Å²) in [5.74, 6) is -0.876. The van der Waals surface area contributed by atoms with Gasteiger partial charge in [-0.05, 0) is 42.9 Å². The van der Waals surface area contributed by atoms with Gasteiger partial charge in [0.15, 0.2) is 16.6 Å². The van der Waals surface area contributed by atoms with E-state index in [4.69, 9.17) is 17.0 Å². The lowest BCUT2D eigenvalue weighted by Crippen LogP contribution is -2.53. The summed E-state index contributed by atoms with van der Waals surface area (Å²) in [6.45, 7) is 5.91. The zero-order valence-corrected chi connectivity index (χ0v) is 15.2. The molecule has 1 heterocycles. The van der Waals surface area contributed by atoms with Gasteiger partial charge in [0.25, 0.3) is 11.8 Å². The van der Waals surface area contributed by atoms with Crippen LogP contribution in [0.4, 0.5) is 0 Å². The summed E-state index contributed by atoms with van der Waals surface area (Å²) in [5, 5.41) is 12.4. The molecule has 1 fully saturated rings. The smallest absolute Gasteiger partial charge is 0.265 e. The second-order valence-electron chi connectivity index (χ2n) is 4.80. The summed E-state index contributed by atoms with van der Waals surface area (Å²) in [7, 11) is 0. The number of nitrogens with one attached hydrogen (secondary N) is 1. The first-order valence-corrected chi connectivity index (χ1v) is 8.24. The third-order valence-electron chi connectivity index (χ3n) is 3.18. The van der Waals surface area contributed by atoms with E-state index < -0.39 is 11.8 Å². The average Bonchev–Trinajstić information content (AvgIpc) is 2.52. The summed E-state index contributed by atoms with van der Waals surface area (Å²) in [6, 6.07) is 2.98. The maximum atomic E-state index is 12.5. The van der Waals surface area contributed by atoms with Crippen molar-refractivity contribution in [3.8, 4) is 11.5 Å². The molecular weight excluding hydrogens is 396 g/mol. The molecule has 1 aliphatic rings. The molecule has 8 heteroatoms. The highest BCUT2D eigenvalue weighted by atomic mass is 79.9. The molecule has 0 atom stereocenters. The van der Waals surface area contributed by atoms with E-state index in [-0.39, 0.29) is 28.7 Å². The number of phenols is 1. The summed E-state index contributed by atoms with van der Waals surface area (Å²) in [5.41, 5.74) is 0.445. The van der Waals surface area contributed by atoms with Gasteiger partial charge in [-0.2, -0.15) is 0 Å². The first-order chi connectivity index (χ1) is 11.4. The van der Waals surface area contributed by atoms with E-state index in [1.54, 1.807) is 13.0 Å². The van der Waals surface area contributed by atoms with Gasteiger partial charge < -0.3 is 9.84 Å². The van der Waals surface area contributed by atoms with Crippen LogP contribution in [0.5, 0.6) is 11.5 Å². The van der Waals surface area contributed by atoms with Crippen molar-refractivity contribution in [2.75, 3.05) is 13.2 Å². The van der Waals surface area contributed by atoms with E-state index in [0.717, 1.165) is 0 Å². The SMILES string of the molecule is C=CCN1C(=O)/C(=C/c2cc(OCC)c(O)cc2Br)C(=O)NC1=S. The van der Waals surface area contributed by atoms with Crippen molar-refractivity contribution in [1.29, 1.82) is 0 Å². The molecule has 1 aromatic rings. The van der Waals surface area contributed by atoms with E-state index in [9.17, 15) is 14.7 Å². The summed E-state index contributed by atoms with van der Waals surface area (Å²) >= 11 is 8.30. The Morgan fingerprint density at radius 3 is 2.79 bits per heavy atom. The molecule has 0 aliphatic carbocycles. The molecule has 2 N–H and O–H groups in total. The predicted octanol–water partition coefficient (Wildman–Crippen LogP) is 2.37. The van der Waals surface area contributed by atoms with Crippen molar-refractivity contribution in [3.05, 3.63) is 40.4 Å². The Balaban J connectivity index is 2.47. The monoisotopic (exact) mass is 410 g/mol. The molecule has 1 saturated heterocycles. The van der Waals surface area contributed by atoms with Gasteiger partial charge in [0.05, 0.1) is 6.61 Å².